The third kappa shape index (κ3) is 3.55. The van der Waals surface area contributed by atoms with E-state index in [0.29, 0.717) is 32.8 Å². The molecule has 0 saturated heterocycles. The number of nitrogens with zero attached hydrogens (tertiary/aromatic N) is 2. The second kappa shape index (κ2) is 7.41. The maximum atomic E-state index is 10.3. The van der Waals surface area contributed by atoms with Crippen molar-refractivity contribution in [2.45, 2.75) is 6.92 Å². The summed E-state index contributed by atoms with van der Waals surface area (Å²) in [6.07, 6.45) is 1.55. The predicted molar refractivity (Wildman–Crippen MR) is 117 cm³/mol. The van der Waals surface area contributed by atoms with Gasteiger partial charge in [0.1, 0.15) is 17.0 Å². The van der Waals surface area contributed by atoms with Gasteiger partial charge < -0.3 is 14.6 Å². The number of aromatic hydroxyl groups is 2. The lowest BCUT2D eigenvalue weighted by atomic mass is 10.1. The number of fused-ring (bicyclic) bond motifs is 1. The molecule has 0 atom stereocenters. The number of para-hydroxylation sites is 1. The number of hydrogen-bond donors (Lipinski definition) is 2. The van der Waals surface area contributed by atoms with Crippen molar-refractivity contribution in [2.24, 2.45) is 4.99 Å². The van der Waals surface area contributed by atoms with Crippen molar-refractivity contribution in [1.29, 1.82) is 0 Å². The van der Waals surface area contributed by atoms with Crippen LogP contribution in [-0.4, -0.2) is 21.4 Å². The highest BCUT2D eigenvalue weighted by Gasteiger charge is 2.14. The first kappa shape index (κ1) is 18.7. The molecule has 0 aliphatic rings. The topological polar surface area (TPSA) is 78.9 Å². The highest BCUT2D eigenvalue weighted by molar-refractivity contribution is 9.11. The van der Waals surface area contributed by atoms with Gasteiger partial charge in [-0.3, -0.25) is 4.99 Å². The van der Waals surface area contributed by atoms with Gasteiger partial charge in [0, 0.05) is 16.3 Å². The van der Waals surface area contributed by atoms with Crippen LogP contribution < -0.4 is 0 Å². The Labute approximate surface area is 177 Å². The number of benzene rings is 3. The summed E-state index contributed by atoms with van der Waals surface area (Å²) in [6.45, 7) is 1.96. The molecule has 2 N–H and O–H groups in total. The molecule has 7 heteroatoms. The molecule has 0 spiro atoms. The lowest BCUT2D eigenvalue weighted by Gasteiger charge is -2.04. The van der Waals surface area contributed by atoms with E-state index in [-0.39, 0.29) is 11.5 Å². The van der Waals surface area contributed by atoms with E-state index in [1.807, 2.05) is 25.1 Å². The van der Waals surface area contributed by atoms with Crippen LogP contribution in [-0.2, 0) is 0 Å². The SMILES string of the molecule is Cc1cccc2oc(-c3cc(N=Cc4cc(Br)cc(Br)c4O)ccc3O)nc12. The summed E-state index contributed by atoms with van der Waals surface area (Å²) in [5, 5.41) is 20.4. The van der Waals surface area contributed by atoms with Gasteiger partial charge in [0.2, 0.25) is 5.89 Å². The van der Waals surface area contributed by atoms with E-state index in [9.17, 15) is 10.2 Å². The van der Waals surface area contributed by atoms with Gasteiger partial charge in [0.05, 0.1) is 15.7 Å². The fourth-order valence-corrected chi connectivity index (χ4v) is 4.06. The van der Waals surface area contributed by atoms with Crippen LogP contribution in [0, 0.1) is 6.92 Å². The summed E-state index contributed by atoms with van der Waals surface area (Å²) in [5.74, 6) is 0.475. The first-order valence-electron chi connectivity index (χ1n) is 8.34. The molecule has 3 aromatic carbocycles. The van der Waals surface area contributed by atoms with Crippen LogP contribution in [0.5, 0.6) is 11.5 Å². The monoisotopic (exact) mass is 500 g/mol. The minimum atomic E-state index is 0.0520. The lowest BCUT2D eigenvalue weighted by Crippen LogP contribution is -1.85. The summed E-state index contributed by atoms with van der Waals surface area (Å²) < 4.78 is 7.19. The minimum Gasteiger partial charge on any atom is -0.507 e. The highest BCUT2D eigenvalue weighted by Crippen LogP contribution is 2.35. The number of halogens is 2. The van der Waals surface area contributed by atoms with Gasteiger partial charge in [-0.15, -0.1) is 0 Å². The van der Waals surface area contributed by atoms with Crippen molar-refractivity contribution in [2.75, 3.05) is 0 Å². The van der Waals surface area contributed by atoms with Gasteiger partial charge in [0.15, 0.2) is 5.58 Å². The van der Waals surface area contributed by atoms with Crippen molar-refractivity contribution < 1.29 is 14.6 Å². The molecule has 28 heavy (non-hydrogen) atoms. The summed E-state index contributed by atoms with van der Waals surface area (Å²) in [4.78, 5) is 8.92. The zero-order valence-electron chi connectivity index (χ0n) is 14.6. The molecule has 4 aromatic rings. The second-order valence-corrected chi connectivity index (χ2v) is 8.00. The van der Waals surface area contributed by atoms with E-state index in [1.165, 1.54) is 0 Å². The molecule has 1 heterocycles. The molecule has 0 bridgehead atoms. The summed E-state index contributed by atoms with van der Waals surface area (Å²) in [7, 11) is 0. The Kier molecular flexibility index (Phi) is 4.95. The predicted octanol–water partition coefficient (Wildman–Crippen LogP) is 6.49. The van der Waals surface area contributed by atoms with Crippen LogP contribution in [0.4, 0.5) is 5.69 Å². The largest absolute Gasteiger partial charge is 0.507 e. The van der Waals surface area contributed by atoms with Crippen LogP contribution in [0.15, 0.2) is 66.9 Å². The Hall–Kier alpha value is -2.64. The third-order valence-electron chi connectivity index (χ3n) is 4.24. The minimum absolute atomic E-state index is 0.0520. The van der Waals surface area contributed by atoms with E-state index in [1.54, 1.807) is 36.5 Å². The van der Waals surface area contributed by atoms with Crippen LogP contribution >= 0.6 is 31.9 Å². The molecule has 0 aliphatic heterocycles. The Morgan fingerprint density at radius 1 is 1.07 bits per heavy atom. The molecular formula is C21H14Br2N2O3. The van der Waals surface area contributed by atoms with Crippen LogP contribution in [0.1, 0.15) is 11.1 Å². The van der Waals surface area contributed by atoms with Gasteiger partial charge in [0.25, 0.3) is 0 Å². The van der Waals surface area contributed by atoms with Crippen LogP contribution in [0.25, 0.3) is 22.6 Å². The maximum Gasteiger partial charge on any atom is 0.231 e. The summed E-state index contributed by atoms with van der Waals surface area (Å²) in [6, 6.07) is 14.1. The Balaban J connectivity index is 1.74. The number of rotatable bonds is 3. The first-order valence-corrected chi connectivity index (χ1v) is 9.92. The van der Waals surface area contributed by atoms with E-state index in [4.69, 9.17) is 4.42 Å². The standard InChI is InChI=1S/C21H14Br2N2O3/c1-11-3-2-4-18-19(11)25-21(28-18)15-9-14(5-6-17(15)26)24-10-12-7-13(22)8-16(23)20(12)27/h2-10,26-27H,1H3. The molecule has 0 fully saturated rings. The van der Waals surface area contributed by atoms with Crippen molar-refractivity contribution in [3.8, 4) is 23.0 Å². The molecule has 140 valence electrons. The van der Waals surface area contributed by atoms with E-state index < -0.39 is 0 Å². The molecule has 0 aliphatic carbocycles. The number of phenols is 2. The van der Waals surface area contributed by atoms with Crippen molar-refractivity contribution in [1.82, 2.24) is 4.98 Å². The number of aromatic nitrogens is 1. The van der Waals surface area contributed by atoms with Crippen LogP contribution in [0.3, 0.4) is 0 Å². The molecule has 5 nitrogen and oxygen atoms in total. The van der Waals surface area contributed by atoms with Crippen molar-refractivity contribution >= 4 is 54.9 Å². The average molecular weight is 502 g/mol. The smallest absolute Gasteiger partial charge is 0.231 e. The highest BCUT2D eigenvalue weighted by atomic mass is 79.9. The number of aryl methyl sites for hydroxylation is 1. The molecule has 4 rings (SSSR count). The van der Waals surface area contributed by atoms with Gasteiger partial charge in [-0.1, -0.05) is 28.1 Å². The molecule has 1 aromatic heterocycles. The van der Waals surface area contributed by atoms with Gasteiger partial charge in [-0.05, 0) is 64.8 Å². The van der Waals surface area contributed by atoms with E-state index >= 15 is 0 Å². The number of oxazole rings is 1. The number of aliphatic imine (C=N–C) groups is 1. The second-order valence-electron chi connectivity index (χ2n) is 6.23. The molecule has 0 radical (unpaired) electrons. The fraction of sp³-hybridized carbons (Fsp3) is 0.0476. The van der Waals surface area contributed by atoms with Crippen molar-refractivity contribution in [3.05, 3.63) is 68.6 Å². The zero-order chi connectivity index (χ0) is 19.8. The van der Waals surface area contributed by atoms with Gasteiger partial charge >= 0.3 is 0 Å². The quantitative estimate of drug-likeness (QED) is 0.314. The molecule has 0 amide bonds. The maximum absolute atomic E-state index is 10.3. The van der Waals surface area contributed by atoms with E-state index in [0.717, 1.165) is 15.6 Å². The van der Waals surface area contributed by atoms with Gasteiger partial charge in [-0.2, -0.15) is 0 Å². The zero-order valence-corrected chi connectivity index (χ0v) is 17.8. The summed E-state index contributed by atoms with van der Waals surface area (Å²) in [5.41, 5.74) is 4.00. The number of hydrogen-bond acceptors (Lipinski definition) is 5. The Morgan fingerprint density at radius 2 is 1.89 bits per heavy atom. The molecule has 0 unspecified atom stereocenters. The van der Waals surface area contributed by atoms with Gasteiger partial charge in [-0.25, -0.2) is 4.98 Å². The first-order chi connectivity index (χ1) is 13.4. The third-order valence-corrected chi connectivity index (χ3v) is 5.30. The normalized spacial score (nSPS) is 11.5. The average Bonchev–Trinajstić information content (AvgIpc) is 3.10. The Bertz CT molecular complexity index is 1230. The van der Waals surface area contributed by atoms with Crippen molar-refractivity contribution in [3.63, 3.8) is 0 Å². The molecule has 0 saturated carbocycles. The Morgan fingerprint density at radius 3 is 2.68 bits per heavy atom. The summed E-state index contributed by atoms with van der Waals surface area (Å²) >= 11 is 6.69. The lowest BCUT2D eigenvalue weighted by molar-refractivity contribution is 0.471. The van der Waals surface area contributed by atoms with E-state index in [2.05, 4.69) is 41.8 Å². The number of phenolic OH excluding ortho intramolecular Hbond substituents is 2. The van der Waals surface area contributed by atoms with Crippen LogP contribution in [0.2, 0.25) is 0 Å². The fourth-order valence-electron chi connectivity index (χ4n) is 2.81. The molecular weight excluding hydrogens is 488 g/mol.